The van der Waals surface area contributed by atoms with E-state index in [1.54, 1.807) is 18.5 Å². The first-order valence-electron chi connectivity index (χ1n) is 9.29. The molecule has 0 saturated carbocycles. The molecule has 3 rings (SSSR count). The van der Waals surface area contributed by atoms with Crippen molar-refractivity contribution in [1.29, 1.82) is 0 Å². The summed E-state index contributed by atoms with van der Waals surface area (Å²) in [6, 6.07) is 1.76. The number of aromatic nitrogens is 3. The Morgan fingerprint density at radius 1 is 1.24 bits per heavy atom. The largest absolute Gasteiger partial charge is 0.495 e. The minimum atomic E-state index is -0.625. The molecule has 0 aliphatic carbocycles. The van der Waals surface area contributed by atoms with Gasteiger partial charge in [-0.15, -0.1) is 11.3 Å². The standard InChI is InChI=1S/C15H16N6O3S.2C2H6/c1-24-8-4-7(5-18-6-8)11-9-10(16)12(13(17)23)25-14(9)21-15(20-11)19-2-3-22;2*1-2/h4-6,22H,2-3,16H2,1H3,(H2,17,23)(H,19,20,21);2*1-2H3. The van der Waals surface area contributed by atoms with Crippen molar-refractivity contribution in [3.8, 4) is 17.0 Å². The second kappa shape index (κ2) is 11.8. The second-order valence-corrected chi connectivity index (χ2v) is 6.05. The molecule has 3 aromatic heterocycles. The van der Waals surface area contributed by atoms with Crippen molar-refractivity contribution in [2.45, 2.75) is 27.7 Å². The Kier molecular flexibility index (Phi) is 9.76. The average Bonchev–Trinajstić information content (AvgIpc) is 3.11. The van der Waals surface area contributed by atoms with Crippen LogP contribution < -0.4 is 21.5 Å². The lowest BCUT2D eigenvalue weighted by molar-refractivity contribution is 0.100. The number of primary amides is 1. The number of rotatable bonds is 6. The van der Waals surface area contributed by atoms with Gasteiger partial charge in [0.1, 0.15) is 15.5 Å². The number of nitrogens with two attached hydrogens (primary N) is 2. The number of nitrogens with zero attached hydrogens (tertiary/aromatic N) is 3. The summed E-state index contributed by atoms with van der Waals surface area (Å²) in [5, 5.41) is 12.4. The molecule has 1 amide bonds. The summed E-state index contributed by atoms with van der Waals surface area (Å²) >= 11 is 1.09. The summed E-state index contributed by atoms with van der Waals surface area (Å²) in [5.41, 5.74) is 12.9. The minimum absolute atomic E-state index is 0.0729. The predicted molar refractivity (Wildman–Crippen MR) is 118 cm³/mol. The molecule has 0 saturated heterocycles. The van der Waals surface area contributed by atoms with Gasteiger partial charge in [-0.1, -0.05) is 27.7 Å². The fourth-order valence-corrected chi connectivity index (χ4v) is 3.27. The van der Waals surface area contributed by atoms with Gasteiger partial charge in [0.2, 0.25) is 5.95 Å². The van der Waals surface area contributed by atoms with Crippen LogP contribution >= 0.6 is 11.3 Å². The Labute approximate surface area is 174 Å². The summed E-state index contributed by atoms with van der Waals surface area (Å²) in [6.45, 7) is 8.21. The van der Waals surface area contributed by atoms with E-state index in [-0.39, 0.29) is 23.7 Å². The number of methoxy groups -OCH3 is 1. The SMILES string of the molecule is CC.CC.COc1cncc(-c2nc(NCCO)nc3sc(C(N)=O)c(N)c23)c1. The van der Waals surface area contributed by atoms with Crippen LogP contribution in [0.3, 0.4) is 0 Å². The third-order valence-electron chi connectivity index (χ3n) is 3.43. The Balaban J connectivity index is 0.000000989. The maximum atomic E-state index is 11.6. The number of nitrogen functional groups attached to an aromatic ring is 1. The normalized spacial score (nSPS) is 9.72. The number of carbonyl (C=O) groups excluding carboxylic acids is 1. The van der Waals surface area contributed by atoms with Gasteiger partial charge >= 0.3 is 0 Å². The maximum absolute atomic E-state index is 11.6. The van der Waals surface area contributed by atoms with Crippen molar-refractivity contribution < 1.29 is 14.6 Å². The lowest BCUT2D eigenvalue weighted by Gasteiger charge is -2.09. The number of hydrogen-bond acceptors (Lipinski definition) is 9. The average molecular weight is 421 g/mol. The van der Waals surface area contributed by atoms with Crippen molar-refractivity contribution in [1.82, 2.24) is 15.0 Å². The van der Waals surface area contributed by atoms with Gasteiger partial charge in [0, 0.05) is 18.3 Å². The molecule has 0 aliphatic rings. The monoisotopic (exact) mass is 420 g/mol. The molecule has 9 nitrogen and oxygen atoms in total. The van der Waals surface area contributed by atoms with Gasteiger partial charge in [0.15, 0.2) is 0 Å². The summed E-state index contributed by atoms with van der Waals surface area (Å²) in [4.78, 5) is 25.3. The summed E-state index contributed by atoms with van der Waals surface area (Å²) in [5.74, 6) is 0.231. The molecule has 6 N–H and O–H groups in total. The van der Waals surface area contributed by atoms with Crippen LogP contribution in [0.4, 0.5) is 11.6 Å². The van der Waals surface area contributed by atoms with E-state index >= 15 is 0 Å². The van der Waals surface area contributed by atoms with E-state index in [1.807, 2.05) is 27.7 Å². The van der Waals surface area contributed by atoms with Gasteiger partial charge in [-0.05, 0) is 6.07 Å². The molecule has 3 aromatic rings. The van der Waals surface area contributed by atoms with Crippen molar-refractivity contribution >= 4 is 39.1 Å². The highest BCUT2D eigenvalue weighted by Crippen LogP contribution is 2.39. The van der Waals surface area contributed by atoms with Gasteiger partial charge in [-0.25, -0.2) is 9.97 Å². The van der Waals surface area contributed by atoms with Crippen LogP contribution in [0, 0.1) is 0 Å². The highest BCUT2D eigenvalue weighted by Gasteiger charge is 2.21. The Morgan fingerprint density at radius 3 is 2.52 bits per heavy atom. The van der Waals surface area contributed by atoms with Crippen LogP contribution in [0.1, 0.15) is 37.4 Å². The van der Waals surface area contributed by atoms with Gasteiger partial charge < -0.3 is 26.6 Å². The first-order valence-corrected chi connectivity index (χ1v) is 10.1. The van der Waals surface area contributed by atoms with E-state index in [4.69, 9.17) is 21.3 Å². The number of anilines is 2. The van der Waals surface area contributed by atoms with E-state index in [2.05, 4.69) is 20.3 Å². The predicted octanol–water partition coefficient (Wildman–Crippen LogP) is 2.90. The Hall–Kier alpha value is -2.98. The van der Waals surface area contributed by atoms with Gasteiger partial charge in [-0.2, -0.15) is 0 Å². The highest BCUT2D eigenvalue weighted by molar-refractivity contribution is 7.21. The number of pyridine rings is 1. The number of hydrogen-bond donors (Lipinski definition) is 4. The quantitative estimate of drug-likeness (QED) is 0.475. The number of aliphatic hydroxyl groups is 1. The molecule has 29 heavy (non-hydrogen) atoms. The van der Waals surface area contributed by atoms with E-state index in [0.717, 1.165) is 11.3 Å². The number of ether oxygens (including phenoxy) is 1. The summed E-state index contributed by atoms with van der Waals surface area (Å²) in [6.07, 6.45) is 3.18. The first kappa shape index (κ1) is 24.1. The maximum Gasteiger partial charge on any atom is 0.260 e. The smallest absolute Gasteiger partial charge is 0.260 e. The fourth-order valence-electron chi connectivity index (χ4n) is 2.32. The topological polar surface area (TPSA) is 149 Å². The van der Waals surface area contributed by atoms with Crippen LogP contribution in [0.15, 0.2) is 18.5 Å². The van der Waals surface area contributed by atoms with E-state index < -0.39 is 5.91 Å². The third kappa shape index (κ3) is 5.52. The van der Waals surface area contributed by atoms with Crippen LogP contribution in [-0.4, -0.2) is 46.2 Å². The van der Waals surface area contributed by atoms with E-state index in [9.17, 15) is 4.79 Å². The molecular formula is C19H28N6O3S. The molecule has 0 aromatic carbocycles. The van der Waals surface area contributed by atoms with Crippen LogP contribution in [0.25, 0.3) is 21.5 Å². The first-order chi connectivity index (χ1) is 14.0. The van der Waals surface area contributed by atoms with Gasteiger partial charge in [-0.3, -0.25) is 9.78 Å². The lowest BCUT2D eigenvalue weighted by Crippen LogP contribution is -2.11. The molecule has 0 atom stereocenters. The minimum Gasteiger partial charge on any atom is -0.495 e. The molecule has 0 unspecified atom stereocenters. The number of thiophene rings is 1. The molecule has 0 bridgehead atoms. The number of nitrogens with one attached hydrogen (secondary N) is 1. The molecule has 0 spiro atoms. The zero-order valence-electron chi connectivity index (χ0n) is 17.3. The second-order valence-electron chi connectivity index (χ2n) is 5.05. The molecule has 0 fully saturated rings. The van der Waals surface area contributed by atoms with Crippen LogP contribution in [0.5, 0.6) is 5.75 Å². The molecule has 0 aliphatic heterocycles. The lowest BCUT2D eigenvalue weighted by atomic mass is 10.1. The zero-order valence-corrected chi connectivity index (χ0v) is 18.1. The number of carbonyl (C=O) groups is 1. The molecule has 10 heteroatoms. The molecule has 158 valence electrons. The Bertz CT molecular complexity index is 945. The number of amides is 1. The van der Waals surface area contributed by atoms with Crippen LogP contribution in [0.2, 0.25) is 0 Å². The van der Waals surface area contributed by atoms with Gasteiger partial charge in [0.25, 0.3) is 5.91 Å². The van der Waals surface area contributed by atoms with Gasteiger partial charge in [0.05, 0.1) is 36.7 Å². The third-order valence-corrected chi connectivity index (χ3v) is 4.54. The molecular weight excluding hydrogens is 392 g/mol. The fraction of sp³-hybridized carbons (Fsp3) is 0.368. The van der Waals surface area contributed by atoms with Crippen molar-refractivity contribution in [3.63, 3.8) is 0 Å². The molecule has 0 radical (unpaired) electrons. The number of fused-ring (bicyclic) bond motifs is 1. The molecule has 3 heterocycles. The summed E-state index contributed by atoms with van der Waals surface area (Å²) in [7, 11) is 1.54. The summed E-state index contributed by atoms with van der Waals surface area (Å²) < 4.78 is 5.20. The highest BCUT2D eigenvalue weighted by atomic mass is 32.1. The van der Waals surface area contributed by atoms with Crippen molar-refractivity contribution in [2.75, 3.05) is 31.3 Å². The Morgan fingerprint density at radius 2 is 1.93 bits per heavy atom. The van der Waals surface area contributed by atoms with E-state index in [1.165, 1.54) is 7.11 Å². The van der Waals surface area contributed by atoms with E-state index in [0.29, 0.717) is 33.2 Å². The van der Waals surface area contributed by atoms with Crippen molar-refractivity contribution in [2.24, 2.45) is 5.73 Å². The van der Waals surface area contributed by atoms with Crippen LogP contribution in [-0.2, 0) is 0 Å². The van der Waals surface area contributed by atoms with Crippen molar-refractivity contribution in [3.05, 3.63) is 23.3 Å². The zero-order chi connectivity index (χ0) is 22.0. The number of aliphatic hydroxyl groups excluding tert-OH is 1.